The third-order valence-electron chi connectivity index (χ3n) is 3.07. The normalized spacial score (nSPS) is 10.2. The Morgan fingerprint density at radius 2 is 2.04 bits per heavy atom. The largest absolute Gasteiger partial charge is 0.490 e. The Bertz CT molecular complexity index is 676. The van der Waals surface area contributed by atoms with E-state index in [1.165, 1.54) is 0 Å². The van der Waals surface area contributed by atoms with E-state index in [9.17, 15) is 0 Å². The maximum atomic E-state index is 6.16. The molecule has 2 rings (SSSR count). The summed E-state index contributed by atoms with van der Waals surface area (Å²) in [4.78, 5) is 0. The number of anilines is 1. The molecular formula is C18H19BrClNO2. The van der Waals surface area contributed by atoms with Gasteiger partial charge >= 0.3 is 0 Å². The van der Waals surface area contributed by atoms with Gasteiger partial charge < -0.3 is 14.8 Å². The Balaban J connectivity index is 2.19. The highest BCUT2D eigenvalue weighted by Crippen LogP contribution is 2.37. The minimum atomic E-state index is 0.426. The van der Waals surface area contributed by atoms with Crippen molar-refractivity contribution in [1.82, 2.24) is 0 Å². The predicted molar refractivity (Wildman–Crippen MR) is 99.8 cm³/mol. The number of nitrogens with one attached hydrogen (secondary N) is 1. The van der Waals surface area contributed by atoms with Crippen LogP contribution in [-0.4, -0.2) is 13.2 Å². The number of hydrogen-bond donors (Lipinski definition) is 1. The van der Waals surface area contributed by atoms with E-state index in [0.29, 0.717) is 36.3 Å². The van der Waals surface area contributed by atoms with Crippen molar-refractivity contribution in [2.24, 2.45) is 0 Å². The van der Waals surface area contributed by atoms with Crippen molar-refractivity contribution < 1.29 is 9.47 Å². The molecule has 2 aromatic rings. The molecule has 122 valence electrons. The van der Waals surface area contributed by atoms with E-state index in [1.54, 1.807) is 6.08 Å². The average Bonchev–Trinajstić information content (AvgIpc) is 2.54. The quantitative estimate of drug-likeness (QED) is 0.582. The predicted octanol–water partition coefficient (Wildman–Crippen LogP) is 5.68. The molecule has 5 heteroatoms. The van der Waals surface area contributed by atoms with Crippen molar-refractivity contribution in [2.75, 3.05) is 18.5 Å². The summed E-state index contributed by atoms with van der Waals surface area (Å²) in [6.45, 7) is 7.23. The van der Waals surface area contributed by atoms with E-state index in [0.717, 1.165) is 15.7 Å². The lowest BCUT2D eigenvalue weighted by Gasteiger charge is -2.15. The molecule has 0 bridgehead atoms. The topological polar surface area (TPSA) is 30.5 Å². The number of rotatable bonds is 8. The maximum Gasteiger partial charge on any atom is 0.175 e. The van der Waals surface area contributed by atoms with Gasteiger partial charge in [-0.2, -0.15) is 0 Å². The third kappa shape index (κ3) is 4.91. The van der Waals surface area contributed by atoms with Crippen molar-refractivity contribution in [3.8, 4) is 11.5 Å². The SMILES string of the molecule is C=CCOc1c(Br)cc(CNc2ccccc2Cl)cc1OCC. The van der Waals surface area contributed by atoms with Gasteiger partial charge in [-0.15, -0.1) is 0 Å². The molecule has 0 fully saturated rings. The molecular weight excluding hydrogens is 378 g/mol. The van der Waals surface area contributed by atoms with E-state index in [4.69, 9.17) is 21.1 Å². The summed E-state index contributed by atoms with van der Waals surface area (Å²) in [5.41, 5.74) is 1.96. The van der Waals surface area contributed by atoms with Crippen LogP contribution in [0.5, 0.6) is 11.5 Å². The average molecular weight is 397 g/mol. The fourth-order valence-corrected chi connectivity index (χ4v) is 2.88. The minimum Gasteiger partial charge on any atom is -0.490 e. The van der Waals surface area contributed by atoms with Crippen molar-refractivity contribution >= 4 is 33.2 Å². The van der Waals surface area contributed by atoms with E-state index < -0.39 is 0 Å². The van der Waals surface area contributed by atoms with Gasteiger partial charge in [0.05, 0.1) is 21.8 Å². The van der Waals surface area contributed by atoms with Crippen molar-refractivity contribution in [1.29, 1.82) is 0 Å². The van der Waals surface area contributed by atoms with Gasteiger partial charge in [0, 0.05) is 6.54 Å². The van der Waals surface area contributed by atoms with Gasteiger partial charge in [-0.1, -0.05) is 36.4 Å². The molecule has 0 aromatic heterocycles. The monoisotopic (exact) mass is 395 g/mol. The van der Waals surface area contributed by atoms with Gasteiger partial charge in [-0.3, -0.25) is 0 Å². The molecule has 0 aliphatic rings. The maximum absolute atomic E-state index is 6.16. The summed E-state index contributed by atoms with van der Waals surface area (Å²) < 4.78 is 12.2. The molecule has 0 saturated carbocycles. The second-order valence-electron chi connectivity index (χ2n) is 4.77. The van der Waals surface area contributed by atoms with Gasteiger partial charge in [0.1, 0.15) is 6.61 Å². The first-order valence-electron chi connectivity index (χ1n) is 7.33. The Kier molecular flexibility index (Phi) is 6.81. The van der Waals surface area contributed by atoms with Gasteiger partial charge in [0.25, 0.3) is 0 Å². The Hall–Kier alpha value is -1.65. The van der Waals surface area contributed by atoms with Crippen molar-refractivity contribution in [2.45, 2.75) is 13.5 Å². The zero-order valence-electron chi connectivity index (χ0n) is 12.9. The molecule has 0 saturated heterocycles. The van der Waals surface area contributed by atoms with E-state index in [1.807, 2.05) is 43.3 Å². The first-order chi connectivity index (χ1) is 11.2. The highest BCUT2D eigenvalue weighted by molar-refractivity contribution is 9.10. The van der Waals surface area contributed by atoms with Crippen molar-refractivity contribution in [3.05, 3.63) is 64.1 Å². The van der Waals surface area contributed by atoms with Crippen LogP contribution in [0.15, 0.2) is 53.5 Å². The highest BCUT2D eigenvalue weighted by Gasteiger charge is 2.12. The Labute approximate surface area is 150 Å². The summed E-state index contributed by atoms with van der Waals surface area (Å²) in [5, 5.41) is 4.02. The van der Waals surface area contributed by atoms with Crippen LogP contribution in [0.1, 0.15) is 12.5 Å². The van der Waals surface area contributed by atoms with E-state index >= 15 is 0 Å². The fourth-order valence-electron chi connectivity index (χ4n) is 2.07. The molecule has 0 spiro atoms. The molecule has 0 aliphatic carbocycles. The van der Waals surface area contributed by atoms with Crippen LogP contribution in [-0.2, 0) is 6.54 Å². The lowest BCUT2D eigenvalue weighted by Crippen LogP contribution is -2.04. The first kappa shape index (κ1) is 17.7. The smallest absolute Gasteiger partial charge is 0.175 e. The highest BCUT2D eigenvalue weighted by atomic mass is 79.9. The molecule has 0 aliphatic heterocycles. The lowest BCUT2D eigenvalue weighted by atomic mass is 10.2. The summed E-state index contributed by atoms with van der Waals surface area (Å²) in [6.07, 6.45) is 1.70. The first-order valence-corrected chi connectivity index (χ1v) is 8.50. The zero-order valence-corrected chi connectivity index (χ0v) is 15.3. The van der Waals surface area contributed by atoms with Crippen LogP contribution in [0.4, 0.5) is 5.69 Å². The second-order valence-corrected chi connectivity index (χ2v) is 6.03. The number of para-hydroxylation sites is 1. The van der Waals surface area contributed by atoms with E-state index in [2.05, 4.69) is 27.8 Å². The van der Waals surface area contributed by atoms with Crippen LogP contribution in [0.3, 0.4) is 0 Å². The van der Waals surface area contributed by atoms with Crippen LogP contribution in [0.25, 0.3) is 0 Å². The standard InChI is InChI=1S/C18H19BrClNO2/c1-3-9-23-18-14(19)10-13(11-17(18)22-4-2)12-21-16-8-6-5-7-15(16)20/h3,5-8,10-11,21H,1,4,9,12H2,2H3. The summed E-state index contributed by atoms with van der Waals surface area (Å²) in [7, 11) is 0. The summed E-state index contributed by atoms with van der Waals surface area (Å²) in [6, 6.07) is 11.6. The Morgan fingerprint density at radius 3 is 2.74 bits per heavy atom. The second kappa shape index (κ2) is 8.85. The lowest BCUT2D eigenvalue weighted by molar-refractivity contribution is 0.295. The third-order valence-corrected chi connectivity index (χ3v) is 3.99. The van der Waals surface area contributed by atoms with Gasteiger partial charge in [0.2, 0.25) is 0 Å². The summed E-state index contributed by atoms with van der Waals surface area (Å²) >= 11 is 9.71. The van der Waals surface area contributed by atoms with E-state index in [-0.39, 0.29) is 0 Å². The minimum absolute atomic E-state index is 0.426. The van der Waals surface area contributed by atoms with Crippen LogP contribution >= 0.6 is 27.5 Å². The number of benzene rings is 2. The molecule has 23 heavy (non-hydrogen) atoms. The fraction of sp³-hybridized carbons (Fsp3) is 0.222. The molecule has 3 nitrogen and oxygen atoms in total. The van der Waals surface area contributed by atoms with Crippen LogP contribution in [0.2, 0.25) is 5.02 Å². The molecule has 0 amide bonds. The molecule has 0 radical (unpaired) electrons. The number of hydrogen-bond acceptors (Lipinski definition) is 3. The summed E-state index contributed by atoms with van der Waals surface area (Å²) in [5.74, 6) is 1.40. The molecule has 0 heterocycles. The van der Waals surface area contributed by atoms with Gasteiger partial charge in [0.15, 0.2) is 11.5 Å². The van der Waals surface area contributed by atoms with Gasteiger partial charge in [-0.25, -0.2) is 0 Å². The van der Waals surface area contributed by atoms with Crippen LogP contribution in [0, 0.1) is 0 Å². The van der Waals surface area contributed by atoms with Crippen molar-refractivity contribution in [3.63, 3.8) is 0 Å². The Morgan fingerprint density at radius 1 is 1.26 bits per heavy atom. The number of halogens is 2. The molecule has 0 atom stereocenters. The van der Waals surface area contributed by atoms with Crippen LogP contribution < -0.4 is 14.8 Å². The molecule has 2 aromatic carbocycles. The number of ether oxygens (including phenoxy) is 2. The van der Waals surface area contributed by atoms with Gasteiger partial charge in [-0.05, 0) is 52.7 Å². The molecule has 1 N–H and O–H groups in total. The zero-order chi connectivity index (χ0) is 16.7. The molecule has 0 unspecified atom stereocenters.